The van der Waals surface area contributed by atoms with Crippen molar-refractivity contribution in [2.75, 3.05) is 13.1 Å². The summed E-state index contributed by atoms with van der Waals surface area (Å²) in [5, 5.41) is 9.04. The van der Waals surface area contributed by atoms with Crippen molar-refractivity contribution in [3.8, 4) is 0 Å². The van der Waals surface area contributed by atoms with E-state index in [0.717, 1.165) is 0 Å². The summed E-state index contributed by atoms with van der Waals surface area (Å²) < 4.78 is 0. The van der Waals surface area contributed by atoms with Crippen molar-refractivity contribution in [1.82, 2.24) is 4.90 Å². The standard InChI is InChI=1S/C8H13NO2/c1-3-5-9(6-4-2)8(11)7-10/h3-4,7-8,11H,1-2,5-6H2. The minimum Gasteiger partial charge on any atom is -0.371 e. The molecule has 0 spiro atoms. The number of aliphatic hydroxyl groups excluding tert-OH is 1. The molecule has 62 valence electrons. The SMILES string of the molecule is C=CCN(CC=C)C(O)C=O. The van der Waals surface area contributed by atoms with Crippen LogP contribution in [-0.2, 0) is 4.79 Å². The van der Waals surface area contributed by atoms with Crippen LogP contribution >= 0.6 is 0 Å². The first-order valence-electron chi connectivity index (χ1n) is 3.35. The van der Waals surface area contributed by atoms with Gasteiger partial charge >= 0.3 is 0 Å². The van der Waals surface area contributed by atoms with E-state index >= 15 is 0 Å². The zero-order valence-electron chi connectivity index (χ0n) is 6.44. The van der Waals surface area contributed by atoms with Crippen LogP contribution in [0, 0.1) is 0 Å². The summed E-state index contributed by atoms with van der Waals surface area (Å²) in [7, 11) is 0. The van der Waals surface area contributed by atoms with Gasteiger partial charge < -0.3 is 5.11 Å². The molecule has 0 amide bonds. The van der Waals surface area contributed by atoms with Gasteiger partial charge in [-0.15, -0.1) is 13.2 Å². The molecule has 0 aromatic heterocycles. The first-order chi connectivity index (χ1) is 5.26. The van der Waals surface area contributed by atoms with Gasteiger partial charge in [-0.1, -0.05) is 12.2 Å². The molecule has 0 aliphatic carbocycles. The second kappa shape index (κ2) is 5.82. The van der Waals surface area contributed by atoms with Crippen LogP contribution in [0.15, 0.2) is 25.3 Å². The van der Waals surface area contributed by atoms with Gasteiger partial charge in [0.2, 0.25) is 0 Å². The molecule has 0 bridgehead atoms. The van der Waals surface area contributed by atoms with Crippen molar-refractivity contribution >= 4 is 6.29 Å². The summed E-state index contributed by atoms with van der Waals surface area (Å²) in [6, 6.07) is 0. The monoisotopic (exact) mass is 155 g/mol. The first kappa shape index (κ1) is 10.1. The second-order valence-electron chi connectivity index (χ2n) is 2.08. The Morgan fingerprint density at radius 3 is 2.09 bits per heavy atom. The van der Waals surface area contributed by atoms with Crippen LogP contribution in [0.5, 0.6) is 0 Å². The van der Waals surface area contributed by atoms with Crippen molar-refractivity contribution in [1.29, 1.82) is 0 Å². The number of aliphatic hydroxyl groups is 1. The van der Waals surface area contributed by atoms with Crippen molar-refractivity contribution in [2.24, 2.45) is 0 Å². The van der Waals surface area contributed by atoms with E-state index in [4.69, 9.17) is 5.11 Å². The molecule has 3 heteroatoms. The molecule has 3 nitrogen and oxygen atoms in total. The number of hydrogen-bond donors (Lipinski definition) is 1. The molecule has 1 unspecified atom stereocenters. The van der Waals surface area contributed by atoms with Gasteiger partial charge in [0.05, 0.1) is 0 Å². The average molecular weight is 155 g/mol. The van der Waals surface area contributed by atoms with Crippen LogP contribution in [0.3, 0.4) is 0 Å². The topological polar surface area (TPSA) is 40.5 Å². The highest BCUT2D eigenvalue weighted by atomic mass is 16.3. The third-order valence-corrected chi connectivity index (χ3v) is 1.22. The molecule has 0 saturated heterocycles. The van der Waals surface area contributed by atoms with Crippen LogP contribution in [0.25, 0.3) is 0 Å². The summed E-state index contributed by atoms with van der Waals surface area (Å²) in [4.78, 5) is 11.7. The Morgan fingerprint density at radius 1 is 1.36 bits per heavy atom. The molecule has 0 aliphatic heterocycles. The molecular weight excluding hydrogens is 142 g/mol. The van der Waals surface area contributed by atoms with Gasteiger partial charge in [-0.3, -0.25) is 9.69 Å². The molecule has 1 atom stereocenters. The van der Waals surface area contributed by atoms with Crippen LogP contribution in [0.4, 0.5) is 0 Å². The Labute approximate surface area is 66.6 Å². The van der Waals surface area contributed by atoms with Crippen LogP contribution in [0.2, 0.25) is 0 Å². The Kier molecular flexibility index (Phi) is 5.33. The van der Waals surface area contributed by atoms with Gasteiger partial charge in [0, 0.05) is 13.1 Å². The Balaban J connectivity index is 3.94. The first-order valence-corrected chi connectivity index (χ1v) is 3.35. The van der Waals surface area contributed by atoms with Crippen molar-refractivity contribution in [3.05, 3.63) is 25.3 Å². The molecular formula is C8H13NO2. The van der Waals surface area contributed by atoms with E-state index in [-0.39, 0.29) is 0 Å². The predicted octanol–water partition coefficient (Wildman–Crippen LogP) is 0.178. The third kappa shape index (κ3) is 3.70. The molecule has 11 heavy (non-hydrogen) atoms. The smallest absolute Gasteiger partial charge is 0.164 e. The van der Waals surface area contributed by atoms with E-state index in [9.17, 15) is 4.79 Å². The van der Waals surface area contributed by atoms with Crippen LogP contribution in [-0.4, -0.2) is 35.6 Å². The Bertz CT molecular complexity index is 135. The molecule has 0 rings (SSSR count). The average Bonchev–Trinajstić information content (AvgIpc) is 2.03. The van der Waals surface area contributed by atoms with E-state index in [1.54, 1.807) is 12.2 Å². The lowest BCUT2D eigenvalue weighted by atomic mass is 10.4. The summed E-state index contributed by atoms with van der Waals surface area (Å²) in [5.41, 5.74) is 0. The maximum absolute atomic E-state index is 10.1. The molecule has 0 aromatic rings. The largest absolute Gasteiger partial charge is 0.371 e. The Morgan fingerprint density at radius 2 is 1.82 bits per heavy atom. The van der Waals surface area contributed by atoms with Crippen molar-refractivity contribution in [3.63, 3.8) is 0 Å². The molecule has 0 heterocycles. The van der Waals surface area contributed by atoms with E-state index in [1.807, 2.05) is 0 Å². The zero-order valence-corrected chi connectivity index (χ0v) is 6.44. The molecule has 0 saturated carbocycles. The second-order valence-corrected chi connectivity index (χ2v) is 2.08. The quantitative estimate of drug-likeness (QED) is 0.338. The fourth-order valence-corrected chi connectivity index (χ4v) is 0.708. The number of carbonyl (C=O) groups excluding carboxylic acids is 1. The summed E-state index contributed by atoms with van der Waals surface area (Å²) in [6.07, 6.45) is 2.67. The highest BCUT2D eigenvalue weighted by Gasteiger charge is 2.09. The lowest BCUT2D eigenvalue weighted by Gasteiger charge is -2.20. The van der Waals surface area contributed by atoms with Crippen molar-refractivity contribution in [2.45, 2.75) is 6.23 Å². The van der Waals surface area contributed by atoms with Gasteiger partial charge in [0.25, 0.3) is 0 Å². The lowest BCUT2D eigenvalue weighted by molar-refractivity contribution is -0.122. The van der Waals surface area contributed by atoms with Gasteiger partial charge in [0.15, 0.2) is 12.5 Å². The fourth-order valence-electron chi connectivity index (χ4n) is 0.708. The van der Waals surface area contributed by atoms with Gasteiger partial charge in [0.1, 0.15) is 0 Å². The molecule has 1 N–H and O–H groups in total. The summed E-state index contributed by atoms with van der Waals surface area (Å²) >= 11 is 0. The van der Waals surface area contributed by atoms with E-state index in [0.29, 0.717) is 19.4 Å². The Hall–Kier alpha value is -0.930. The minimum atomic E-state index is -1.05. The number of aldehydes is 1. The highest BCUT2D eigenvalue weighted by molar-refractivity contribution is 5.54. The predicted molar refractivity (Wildman–Crippen MR) is 44.0 cm³/mol. The van der Waals surface area contributed by atoms with Gasteiger partial charge in [-0.05, 0) is 0 Å². The maximum atomic E-state index is 10.1. The zero-order chi connectivity index (χ0) is 8.69. The summed E-state index contributed by atoms with van der Waals surface area (Å²) in [5.74, 6) is 0. The number of hydrogen-bond acceptors (Lipinski definition) is 3. The fraction of sp³-hybridized carbons (Fsp3) is 0.375. The minimum absolute atomic E-state index is 0.478. The number of rotatable bonds is 6. The van der Waals surface area contributed by atoms with E-state index in [1.165, 1.54) is 4.90 Å². The normalized spacial score (nSPS) is 12.5. The molecule has 0 radical (unpaired) electrons. The van der Waals surface area contributed by atoms with Crippen LogP contribution < -0.4 is 0 Å². The van der Waals surface area contributed by atoms with E-state index < -0.39 is 6.23 Å². The van der Waals surface area contributed by atoms with E-state index in [2.05, 4.69) is 13.2 Å². The third-order valence-electron chi connectivity index (χ3n) is 1.22. The van der Waals surface area contributed by atoms with Crippen molar-refractivity contribution < 1.29 is 9.90 Å². The van der Waals surface area contributed by atoms with Gasteiger partial charge in [-0.2, -0.15) is 0 Å². The molecule has 0 aliphatic rings. The molecule has 0 fully saturated rings. The summed E-state index contributed by atoms with van der Waals surface area (Å²) in [6.45, 7) is 7.95. The number of carbonyl (C=O) groups is 1. The van der Waals surface area contributed by atoms with Gasteiger partial charge in [-0.25, -0.2) is 0 Å². The maximum Gasteiger partial charge on any atom is 0.164 e. The highest BCUT2D eigenvalue weighted by Crippen LogP contribution is 1.93. The molecule has 0 aromatic carbocycles. The van der Waals surface area contributed by atoms with Crippen LogP contribution in [0.1, 0.15) is 0 Å². The number of nitrogens with zero attached hydrogens (tertiary/aromatic N) is 1. The lowest BCUT2D eigenvalue weighted by Crippen LogP contribution is -2.36.